The molecular formula is C38H22N4S. The molecule has 10 aromatic rings. The van der Waals surface area contributed by atoms with Crippen molar-refractivity contribution in [1.29, 1.82) is 0 Å². The average Bonchev–Trinajstić information content (AvgIpc) is 3.73. The van der Waals surface area contributed by atoms with Crippen molar-refractivity contribution in [2.75, 3.05) is 0 Å². The van der Waals surface area contributed by atoms with E-state index in [1.807, 2.05) is 36.1 Å². The molecule has 5 heterocycles. The van der Waals surface area contributed by atoms with Gasteiger partial charge >= 0.3 is 0 Å². The number of fused-ring (bicyclic) bond motifs is 12. The monoisotopic (exact) mass is 566 g/mol. The van der Waals surface area contributed by atoms with Crippen LogP contribution in [0.5, 0.6) is 0 Å². The maximum absolute atomic E-state index is 4.56. The normalized spacial score (nSPS) is 12.2. The fraction of sp³-hybridized carbons (Fsp3) is 0. The first kappa shape index (κ1) is 23.1. The summed E-state index contributed by atoms with van der Waals surface area (Å²) in [5.41, 5.74) is 4.82. The van der Waals surface area contributed by atoms with Crippen molar-refractivity contribution < 1.29 is 0 Å². The quantitative estimate of drug-likeness (QED) is 0.195. The molecular weight excluding hydrogens is 545 g/mol. The van der Waals surface area contributed by atoms with Gasteiger partial charge in [-0.3, -0.25) is 9.97 Å². The Bertz CT molecular complexity index is 2450. The summed E-state index contributed by atoms with van der Waals surface area (Å²) in [6.07, 6.45) is 7.81. The number of hydrogen-bond donors (Lipinski definition) is 0. The molecule has 0 radical (unpaired) electrons. The van der Waals surface area contributed by atoms with Gasteiger partial charge in [0.15, 0.2) is 0 Å². The molecule has 0 spiro atoms. The number of hydrogen-bond acceptors (Lipinski definition) is 3. The van der Waals surface area contributed by atoms with Crippen molar-refractivity contribution in [2.24, 2.45) is 0 Å². The van der Waals surface area contributed by atoms with Crippen LogP contribution in [0.4, 0.5) is 0 Å². The maximum atomic E-state index is 4.56. The third-order valence-electron chi connectivity index (χ3n) is 8.91. The lowest BCUT2D eigenvalue weighted by Crippen LogP contribution is -1.93. The molecule has 5 aromatic carbocycles. The second-order valence-electron chi connectivity index (χ2n) is 11.0. The SMILES string of the molecule is c1ccc2c(c1)c1ccccc1n2-c1sc(-n2c3ccccc3c3ccccc32)c2c3ccncc3c3cnccc3c12. The molecule has 0 atom stereocenters. The van der Waals surface area contributed by atoms with E-state index >= 15 is 0 Å². The zero-order chi connectivity index (χ0) is 28.1. The van der Waals surface area contributed by atoms with E-state index < -0.39 is 0 Å². The Morgan fingerprint density at radius 3 is 1.09 bits per heavy atom. The molecule has 0 saturated heterocycles. The molecule has 0 amide bonds. The maximum Gasteiger partial charge on any atom is 0.111 e. The van der Waals surface area contributed by atoms with Gasteiger partial charge in [0.25, 0.3) is 0 Å². The van der Waals surface area contributed by atoms with Crippen molar-refractivity contribution in [2.45, 2.75) is 0 Å². The van der Waals surface area contributed by atoms with Crippen molar-refractivity contribution in [3.8, 4) is 10.0 Å². The summed E-state index contributed by atoms with van der Waals surface area (Å²) >= 11 is 1.86. The van der Waals surface area contributed by atoms with Gasteiger partial charge in [-0.25, -0.2) is 0 Å². The topological polar surface area (TPSA) is 35.6 Å². The summed E-state index contributed by atoms with van der Waals surface area (Å²) in [6, 6.07) is 39.4. The molecule has 0 bridgehead atoms. The fourth-order valence-corrected chi connectivity index (χ4v) is 8.55. The Hall–Kier alpha value is -5.52. The molecule has 5 heteroatoms. The molecule has 43 heavy (non-hydrogen) atoms. The van der Waals surface area contributed by atoms with Gasteiger partial charge in [0.1, 0.15) is 10.0 Å². The van der Waals surface area contributed by atoms with Crippen LogP contribution in [0.3, 0.4) is 0 Å². The first-order chi connectivity index (χ1) is 21.4. The van der Waals surface area contributed by atoms with E-state index in [2.05, 4.69) is 128 Å². The Kier molecular flexibility index (Phi) is 4.57. The highest BCUT2D eigenvalue weighted by molar-refractivity contribution is 7.19. The lowest BCUT2D eigenvalue weighted by atomic mass is 9.98. The van der Waals surface area contributed by atoms with Crippen LogP contribution in [0.25, 0.3) is 85.9 Å². The summed E-state index contributed by atoms with van der Waals surface area (Å²) in [7, 11) is 0. The summed E-state index contributed by atoms with van der Waals surface area (Å²) in [4.78, 5) is 9.13. The molecule has 4 nitrogen and oxygen atoms in total. The van der Waals surface area contributed by atoms with E-state index in [0.29, 0.717) is 0 Å². The molecule has 0 aliphatic rings. The minimum Gasteiger partial charge on any atom is -0.300 e. The summed E-state index contributed by atoms with van der Waals surface area (Å²) in [5.74, 6) is 0. The average molecular weight is 567 g/mol. The lowest BCUT2D eigenvalue weighted by Gasteiger charge is -2.11. The third-order valence-corrected chi connectivity index (χ3v) is 10.1. The first-order valence-electron chi connectivity index (χ1n) is 14.4. The van der Waals surface area contributed by atoms with Crippen LogP contribution < -0.4 is 0 Å². The number of benzene rings is 5. The molecule has 5 aromatic heterocycles. The van der Waals surface area contributed by atoms with Gasteiger partial charge in [0.2, 0.25) is 0 Å². The van der Waals surface area contributed by atoms with Crippen molar-refractivity contribution >= 4 is 87.3 Å². The van der Waals surface area contributed by atoms with Gasteiger partial charge in [-0.2, -0.15) is 0 Å². The summed E-state index contributed by atoms with van der Waals surface area (Å²) in [6.45, 7) is 0. The number of thiophene rings is 1. The van der Waals surface area contributed by atoms with E-state index in [-0.39, 0.29) is 0 Å². The Balaban J connectivity index is 1.51. The fourth-order valence-electron chi connectivity index (χ4n) is 7.16. The number of nitrogens with zero attached hydrogens (tertiary/aromatic N) is 4. The van der Waals surface area contributed by atoms with Crippen molar-refractivity contribution in [3.63, 3.8) is 0 Å². The smallest absolute Gasteiger partial charge is 0.111 e. The predicted octanol–water partition coefficient (Wildman–Crippen LogP) is 10.2. The van der Waals surface area contributed by atoms with Crippen molar-refractivity contribution in [3.05, 3.63) is 134 Å². The number of pyridine rings is 2. The molecule has 0 aliphatic carbocycles. The minimum atomic E-state index is 1.12. The first-order valence-corrected chi connectivity index (χ1v) is 15.2. The zero-order valence-corrected chi connectivity index (χ0v) is 23.7. The summed E-state index contributed by atoms with van der Waals surface area (Å²) in [5, 5.41) is 14.5. The highest BCUT2D eigenvalue weighted by Gasteiger charge is 2.25. The van der Waals surface area contributed by atoms with Gasteiger partial charge in [0.05, 0.1) is 22.1 Å². The Morgan fingerprint density at radius 2 is 0.721 bits per heavy atom. The molecule has 0 fully saturated rings. The van der Waals surface area contributed by atoms with Crippen LogP contribution in [-0.2, 0) is 0 Å². The third kappa shape index (κ3) is 2.99. The predicted molar refractivity (Wildman–Crippen MR) is 181 cm³/mol. The van der Waals surface area contributed by atoms with Gasteiger partial charge in [-0.15, -0.1) is 0 Å². The minimum absolute atomic E-state index is 1.12. The lowest BCUT2D eigenvalue weighted by molar-refractivity contribution is 1.23. The standard InChI is InChI=1S/C38H22N4S/c1-5-13-31-23(9-1)24-10-2-6-14-32(24)41(31)37-35-27-17-19-39-21-29(27)30-22-40-20-18-28(30)36(35)38(43-37)42-33-15-7-3-11-25(33)26-12-4-8-16-34(26)42/h1-22H. The summed E-state index contributed by atoms with van der Waals surface area (Å²) < 4.78 is 4.95. The van der Waals surface area contributed by atoms with Crippen molar-refractivity contribution in [1.82, 2.24) is 19.1 Å². The molecule has 10 rings (SSSR count). The van der Waals surface area contributed by atoms with Crippen LogP contribution in [0, 0.1) is 0 Å². The van der Waals surface area contributed by atoms with E-state index in [1.54, 1.807) is 0 Å². The van der Waals surface area contributed by atoms with Gasteiger partial charge in [-0.1, -0.05) is 84.1 Å². The largest absolute Gasteiger partial charge is 0.300 e. The number of aromatic nitrogens is 4. The Morgan fingerprint density at radius 1 is 0.372 bits per heavy atom. The highest BCUT2D eigenvalue weighted by atomic mass is 32.1. The van der Waals surface area contributed by atoms with Crippen LogP contribution in [-0.4, -0.2) is 19.1 Å². The van der Waals surface area contributed by atoms with E-state index in [9.17, 15) is 0 Å². The molecule has 0 N–H and O–H groups in total. The molecule has 0 saturated carbocycles. The van der Waals surface area contributed by atoms with Gasteiger partial charge in [0, 0.05) is 67.9 Å². The highest BCUT2D eigenvalue weighted by Crippen LogP contribution is 2.49. The van der Waals surface area contributed by atoms with Crippen LogP contribution >= 0.6 is 11.3 Å². The second-order valence-corrected chi connectivity index (χ2v) is 12.0. The van der Waals surface area contributed by atoms with E-state index in [4.69, 9.17) is 0 Å². The zero-order valence-electron chi connectivity index (χ0n) is 22.9. The van der Waals surface area contributed by atoms with Crippen LogP contribution in [0.15, 0.2) is 134 Å². The van der Waals surface area contributed by atoms with E-state index in [1.165, 1.54) is 75.2 Å². The second kappa shape index (κ2) is 8.51. The van der Waals surface area contributed by atoms with E-state index in [0.717, 1.165) is 10.8 Å². The number of rotatable bonds is 2. The van der Waals surface area contributed by atoms with Crippen LogP contribution in [0.2, 0.25) is 0 Å². The van der Waals surface area contributed by atoms with Gasteiger partial charge in [-0.05, 0) is 47.2 Å². The Labute approximate surface area is 249 Å². The molecule has 200 valence electrons. The van der Waals surface area contributed by atoms with Crippen LogP contribution in [0.1, 0.15) is 0 Å². The molecule has 0 unspecified atom stereocenters. The number of para-hydroxylation sites is 4. The molecule has 0 aliphatic heterocycles. The van der Waals surface area contributed by atoms with Gasteiger partial charge < -0.3 is 9.13 Å².